The van der Waals surface area contributed by atoms with Crippen LogP contribution in [0.15, 0.2) is 85.1 Å². The number of benzene rings is 3. The van der Waals surface area contributed by atoms with Crippen LogP contribution in [0.25, 0.3) is 11.1 Å². The minimum Gasteiger partial charge on any atom is -0.490 e. The summed E-state index contributed by atoms with van der Waals surface area (Å²) in [5.74, 6) is 0.628. The summed E-state index contributed by atoms with van der Waals surface area (Å²) in [6.07, 6.45) is 1.74. The lowest BCUT2D eigenvalue weighted by atomic mass is 9.91. The maximum Gasteiger partial charge on any atom is 0.164 e. The zero-order valence-corrected chi connectivity index (χ0v) is 18.0. The Morgan fingerprint density at radius 2 is 1.43 bits per heavy atom. The first-order chi connectivity index (χ1) is 14.5. The Labute approximate surface area is 189 Å². The predicted molar refractivity (Wildman–Crippen MR) is 123 cm³/mol. The van der Waals surface area contributed by atoms with Gasteiger partial charge in [0.15, 0.2) is 5.60 Å². The molecule has 0 fully saturated rings. The van der Waals surface area contributed by atoms with E-state index < -0.39 is 5.60 Å². The highest BCUT2D eigenvalue weighted by Gasteiger charge is 2.36. The number of hydrogen-bond donors (Lipinski definition) is 2. The highest BCUT2D eigenvalue weighted by molar-refractivity contribution is 6.35. The van der Waals surface area contributed by atoms with E-state index in [4.69, 9.17) is 39.5 Å². The monoisotopic (exact) mass is 457 g/mol. The molecule has 0 saturated heterocycles. The highest BCUT2D eigenvalue weighted by atomic mass is 35.5. The molecule has 0 bridgehead atoms. The summed E-state index contributed by atoms with van der Waals surface area (Å²) >= 11 is 18.4. The van der Waals surface area contributed by atoms with E-state index in [2.05, 4.69) is 4.98 Å². The van der Waals surface area contributed by atoms with Crippen molar-refractivity contribution in [2.45, 2.75) is 5.60 Å². The van der Waals surface area contributed by atoms with Crippen LogP contribution in [0.3, 0.4) is 0 Å². The molecule has 0 aliphatic carbocycles. The Kier molecular flexibility index (Phi) is 6.07. The summed E-state index contributed by atoms with van der Waals surface area (Å²) in [6.45, 7) is -0.0326. The summed E-state index contributed by atoms with van der Waals surface area (Å²) in [5.41, 5.74) is 1.71. The van der Waals surface area contributed by atoms with Gasteiger partial charge in [-0.1, -0.05) is 65.1 Å². The first-order valence-corrected chi connectivity index (χ1v) is 10.4. The van der Waals surface area contributed by atoms with Crippen molar-refractivity contribution in [1.82, 2.24) is 4.98 Å². The van der Waals surface area contributed by atoms with Crippen LogP contribution in [-0.2, 0) is 5.60 Å². The van der Waals surface area contributed by atoms with E-state index in [1.807, 2.05) is 54.6 Å². The van der Waals surface area contributed by atoms with Crippen molar-refractivity contribution in [2.24, 2.45) is 0 Å². The average molecular weight is 459 g/mol. The average Bonchev–Trinajstić information content (AvgIpc) is 3.29. The number of aromatic nitrogens is 1. The van der Waals surface area contributed by atoms with Crippen molar-refractivity contribution >= 4 is 34.8 Å². The molecule has 6 heteroatoms. The molecule has 0 spiro atoms. The van der Waals surface area contributed by atoms with E-state index in [1.54, 1.807) is 30.5 Å². The third-order valence-electron chi connectivity index (χ3n) is 4.90. The maximum atomic E-state index is 11.5. The van der Waals surface area contributed by atoms with Crippen LogP contribution in [0.4, 0.5) is 0 Å². The van der Waals surface area contributed by atoms with Crippen molar-refractivity contribution in [1.29, 1.82) is 0 Å². The molecular formula is C24H18Cl3NO2. The number of halogens is 3. The second-order valence-electron chi connectivity index (χ2n) is 6.89. The van der Waals surface area contributed by atoms with Gasteiger partial charge >= 0.3 is 0 Å². The molecule has 3 aromatic carbocycles. The molecule has 1 aromatic heterocycles. The van der Waals surface area contributed by atoms with E-state index in [0.29, 0.717) is 32.1 Å². The minimum absolute atomic E-state index is 0.0326. The van der Waals surface area contributed by atoms with Crippen LogP contribution in [0.1, 0.15) is 11.3 Å². The normalized spacial score (nSPS) is 13.1. The summed E-state index contributed by atoms with van der Waals surface area (Å²) in [6, 6.07) is 23.9. The van der Waals surface area contributed by atoms with Gasteiger partial charge in [-0.3, -0.25) is 0 Å². The Hall–Kier alpha value is -2.43. The molecule has 1 unspecified atom stereocenters. The van der Waals surface area contributed by atoms with Gasteiger partial charge in [0, 0.05) is 26.8 Å². The molecule has 1 heterocycles. The number of H-pyrrole nitrogens is 1. The molecule has 30 heavy (non-hydrogen) atoms. The number of hydrogen-bond acceptors (Lipinski definition) is 2. The van der Waals surface area contributed by atoms with Crippen LogP contribution in [0, 0.1) is 0 Å². The first kappa shape index (κ1) is 20.8. The van der Waals surface area contributed by atoms with Crippen LogP contribution in [0.2, 0.25) is 15.1 Å². The quantitative estimate of drug-likeness (QED) is 0.328. The van der Waals surface area contributed by atoms with Gasteiger partial charge in [0.25, 0.3) is 0 Å². The van der Waals surface area contributed by atoms with Crippen molar-refractivity contribution in [2.75, 3.05) is 6.61 Å². The van der Waals surface area contributed by atoms with Gasteiger partial charge in [-0.2, -0.15) is 0 Å². The SMILES string of the molecule is OC(COc1ccc(-c2ccc(Cl)cc2)cc1)(c1ccc[nH]1)c1ccc(Cl)cc1Cl. The number of aromatic amines is 1. The van der Waals surface area contributed by atoms with E-state index in [-0.39, 0.29) is 6.61 Å². The van der Waals surface area contributed by atoms with Gasteiger partial charge in [0.2, 0.25) is 0 Å². The lowest BCUT2D eigenvalue weighted by Gasteiger charge is -2.29. The smallest absolute Gasteiger partial charge is 0.164 e. The molecule has 1 atom stereocenters. The third kappa shape index (κ3) is 4.35. The molecule has 152 valence electrons. The number of rotatable bonds is 6. The van der Waals surface area contributed by atoms with Crippen molar-refractivity contribution < 1.29 is 9.84 Å². The Bertz CT molecular complexity index is 1130. The van der Waals surface area contributed by atoms with Crippen molar-refractivity contribution in [3.8, 4) is 16.9 Å². The number of aliphatic hydroxyl groups is 1. The van der Waals surface area contributed by atoms with Gasteiger partial charge in [-0.05, 0) is 59.7 Å². The molecular weight excluding hydrogens is 441 g/mol. The van der Waals surface area contributed by atoms with Gasteiger partial charge in [0.1, 0.15) is 12.4 Å². The Morgan fingerprint density at radius 1 is 0.800 bits per heavy atom. The number of nitrogens with one attached hydrogen (secondary N) is 1. The third-order valence-corrected chi connectivity index (χ3v) is 5.70. The fraction of sp³-hybridized carbons (Fsp3) is 0.0833. The molecule has 4 aromatic rings. The molecule has 4 rings (SSSR count). The largest absolute Gasteiger partial charge is 0.490 e. The zero-order chi connectivity index (χ0) is 21.1. The fourth-order valence-corrected chi connectivity index (χ4v) is 3.98. The van der Waals surface area contributed by atoms with Crippen molar-refractivity contribution in [3.05, 3.63) is 111 Å². The molecule has 0 amide bonds. The van der Waals surface area contributed by atoms with Crippen LogP contribution in [0.5, 0.6) is 5.75 Å². The van der Waals surface area contributed by atoms with E-state index >= 15 is 0 Å². The maximum absolute atomic E-state index is 11.5. The molecule has 2 N–H and O–H groups in total. The molecule has 0 saturated carbocycles. The lowest BCUT2D eigenvalue weighted by Crippen LogP contribution is -2.35. The van der Waals surface area contributed by atoms with Gasteiger partial charge in [-0.25, -0.2) is 0 Å². The Morgan fingerprint density at radius 3 is 2.03 bits per heavy atom. The summed E-state index contributed by atoms with van der Waals surface area (Å²) in [4.78, 5) is 3.06. The van der Waals surface area contributed by atoms with Crippen LogP contribution >= 0.6 is 34.8 Å². The van der Waals surface area contributed by atoms with Gasteiger partial charge < -0.3 is 14.8 Å². The fourth-order valence-electron chi connectivity index (χ4n) is 3.29. The molecule has 0 aliphatic heterocycles. The van der Waals surface area contributed by atoms with Crippen molar-refractivity contribution in [3.63, 3.8) is 0 Å². The number of ether oxygens (including phenoxy) is 1. The minimum atomic E-state index is -1.47. The Balaban J connectivity index is 1.58. The molecule has 3 nitrogen and oxygen atoms in total. The highest BCUT2D eigenvalue weighted by Crippen LogP contribution is 2.36. The first-order valence-electron chi connectivity index (χ1n) is 9.26. The zero-order valence-electron chi connectivity index (χ0n) is 15.8. The van der Waals surface area contributed by atoms with E-state index in [1.165, 1.54) is 0 Å². The predicted octanol–water partition coefficient (Wildman–Crippen LogP) is 6.96. The summed E-state index contributed by atoms with van der Waals surface area (Å²) in [5, 5.41) is 13.1. The molecule has 0 radical (unpaired) electrons. The van der Waals surface area contributed by atoms with Crippen LogP contribution in [-0.4, -0.2) is 16.7 Å². The summed E-state index contributed by atoms with van der Waals surface area (Å²) < 4.78 is 5.96. The second-order valence-corrected chi connectivity index (χ2v) is 8.17. The van der Waals surface area contributed by atoms with Gasteiger partial charge in [0.05, 0.1) is 5.69 Å². The molecule has 0 aliphatic rings. The van der Waals surface area contributed by atoms with E-state index in [0.717, 1.165) is 11.1 Å². The van der Waals surface area contributed by atoms with Gasteiger partial charge in [-0.15, -0.1) is 0 Å². The topological polar surface area (TPSA) is 45.2 Å². The summed E-state index contributed by atoms with van der Waals surface area (Å²) in [7, 11) is 0. The van der Waals surface area contributed by atoms with Crippen LogP contribution < -0.4 is 4.74 Å². The second kappa shape index (κ2) is 8.75. The lowest BCUT2D eigenvalue weighted by molar-refractivity contribution is 0.0244. The standard InChI is InChI=1S/C24H18Cl3NO2/c25-18-7-3-16(4-8-18)17-5-10-20(11-6-17)30-15-24(29,23-2-1-13-28-23)21-12-9-19(26)14-22(21)27/h1-14,28-29H,15H2. The van der Waals surface area contributed by atoms with E-state index in [9.17, 15) is 5.11 Å².